The molecule has 1 aromatic rings. The van der Waals surface area contributed by atoms with Gasteiger partial charge in [0.05, 0.1) is 0 Å². The molecular weight excluding hydrogens is 254 g/mol. The van der Waals surface area contributed by atoms with Gasteiger partial charge >= 0.3 is 0 Å². The van der Waals surface area contributed by atoms with Gasteiger partial charge in [-0.25, -0.2) is 9.97 Å². The van der Waals surface area contributed by atoms with Crippen molar-refractivity contribution in [3.63, 3.8) is 0 Å². The van der Waals surface area contributed by atoms with Crippen molar-refractivity contribution < 1.29 is 4.79 Å². The molecule has 1 aromatic heterocycles. The van der Waals surface area contributed by atoms with Crippen molar-refractivity contribution in [3.8, 4) is 0 Å². The first-order valence-electron chi connectivity index (χ1n) is 7.22. The van der Waals surface area contributed by atoms with Crippen molar-refractivity contribution >= 4 is 17.5 Å². The van der Waals surface area contributed by atoms with Crippen LogP contribution >= 0.6 is 0 Å². The first kappa shape index (κ1) is 16.2. The second-order valence-electron chi connectivity index (χ2n) is 4.74. The van der Waals surface area contributed by atoms with Gasteiger partial charge in [0.1, 0.15) is 17.5 Å². The van der Waals surface area contributed by atoms with Gasteiger partial charge in [0.25, 0.3) is 0 Å². The van der Waals surface area contributed by atoms with Crippen LogP contribution < -0.4 is 16.4 Å². The normalized spacial score (nSPS) is 10.3. The summed E-state index contributed by atoms with van der Waals surface area (Å²) in [6, 6.07) is 0. The maximum absolute atomic E-state index is 10.7. The molecule has 0 fully saturated rings. The molecule has 0 unspecified atom stereocenters. The standard InChI is InChI=1S/C14H25N5O/c1-4-7-12-18-13(16-5-2)10(3)14(19-12)17-9-6-8-11(15)20/h4-9H2,1-3H3,(H2,15,20)(H2,16,17,18,19). The minimum Gasteiger partial charge on any atom is -0.370 e. The van der Waals surface area contributed by atoms with Crippen molar-refractivity contribution in [3.05, 3.63) is 11.4 Å². The Kier molecular flexibility index (Phi) is 6.76. The van der Waals surface area contributed by atoms with E-state index >= 15 is 0 Å². The van der Waals surface area contributed by atoms with Crippen LogP contribution in [0.1, 0.15) is 44.5 Å². The van der Waals surface area contributed by atoms with Crippen molar-refractivity contribution in [1.82, 2.24) is 9.97 Å². The van der Waals surface area contributed by atoms with Crippen LogP contribution in [-0.2, 0) is 11.2 Å². The summed E-state index contributed by atoms with van der Waals surface area (Å²) >= 11 is 0. The average Bonchev–Trinajstić information content (AvgIpc) is 2.39. The predicted molar refractivity (Wildman–Crippen MR) is 81.8 cm³/mol. The maximum atomic E-state index is 10.7. The highest BCUT2D eigenvalue weighted by Gasteiger charge is 2.09. The fourth-order valence-corrected chi connectivity index (χ4v) is 1.88. The SMILES string of the molecule is CCCc1nc(NCC)c(C)c(NCCCC(N)=O)n1. The molecule has 1 amide bonds. The molecule has 0 bridgehead atoms. The number of nitrogens with zero attached hydrogens (tertiary/aromatic N) is 2. The molecular formula is C14H25N5O. The van der Waals surface area contributed by atoms with E-state index in [4.69, 9.17) is 5.73 Å². The van der Waals surface area contributed by atoms with E-state index in [1.54, 1.807) is 0 Å². The molecule has 0 radical (unpaired) electrons. The number of hydrogen-bond donors (Lipinski definition) is 3. The Bertz CT molecular complexity index is 447. The summed E-state index contributed by atoms with van der Waals surface area (Å²) in [5.41, 5.74) is 6.13. The first-order chi connectivity index (χ1) is 9.58. The predicted octanol–water partition coefficient (Wildman–Crippen LogP) is 1.85. The molecule has 0 atom stereocenters. The Morgan fingerprint density at radius 3 is 2.40 bits per heavy atom. The van der Waals surface area contributed by atoms with Crippen molar-refractivity contribution in [2.75, 3.05) is 23.7 Å². The Morgan fingerprint density at radius 2 is 1.85 bits per heavy atom. The number of anilines is 2. The monoisotopic (exact) mass is 279 g/mol. The lowest BCUT2D eigenvalue weighted by atomic mass is 10.2. The molecule has 1 heterocycles. The Hall–Kier alpha value is -1.85. The van der Waals surface area contributed by atoms with E-state index in [1.807, 2.05) is 13.8 Å². The number of amides is 1. The van der Waals surface area contributed by atoms with Crippen molar-refractivity contribution in [2.45, 2.75) is 46.5 Å². The van der Waals surface area contributed by atoms with Crippen LogP contribution in [0.25, 0.3) is 0 Å². The average molecular weight is 279 g/mol. The van der Waals surface area contributed by atoms with E-state index in [-0.39, 0.29) is 5.91 Å². The van der Waals surface area contributed by atoms with Gasteiger partial charge in [-0.3, -0.25) is 4.79 Å². The number of carbonyl (C=O) groups excluding carboxylic acids is 1. The van der Waals surface area contributed by atoms with E-state index in [2.05, 4.69) is 27.5 Å². The van der Waals surface area contributed by atoms with Gasteiger partial charge in [-0.05, 0) is 26.7 Å². The van der Waals surface area contributed by atoms with Crippen LogP contribution in [0, 0.1) is 6.92 Å². The molecule has 0 saturated heterocycles. The zero-order chi connectivity index (χ0) is 15.0. The summed E-state index contributed by atoms with van der Waals surface area (Å²) in [6.45, 7) is 7.64. The number of rotatable bonds is 9. The molecule has 6 nitrogen and oxygen atoms in total. The van der Waals surface area contributed by atoms with Gasteiger partial charge in [-0.15, -0.1) is 0 Å². The van der Waals surface area contributed by atoms with E-state index in [9.17, 15) is 4.79 Å². The molecule has 0 aliphatic heterocycles. The van der Waals surface area contributed by atoms with Crippen molar-refractivity contribution in [2.24, 2.45) is 5.73 Å². The van der Waals surface area contributed by atoms with Crippen LogP contribution in [0.3, 0.4) is 0 Å². The number of nitrogens with one attached hydrogen (secondary N) is 2. The highest BCUT2D eigenvalue weighted by molar-refractivity contribution is 5.73. The molecule has 0 aromatic carbocycles. The maximum Gasteiger partial charge on any atom is 0.217 e. The Balaban J connectivity index is 2.78. The molecule has 20 heavy (non-hydrogen) atoms. The fourth-order valence-electron chi connectivity index (χ4n) is 1.88. The lowest BCUT2D eigenvalue weighted by Crippen LogP contribution is -2.15. The quantitative estimate of drug-likeness (QED) is 0.600. The lowest BCUT2D eigenvalue weighted by Gasteiger charge is -2.14. The smallest absolute Gasteiger partial charge is 0.217 e. The molecule has 112 valence electrons. The number of nitrogens with two attached hydrogens (primary N) is 1. The second-order valence-corrected chi connectivity index (χ2v) is 4.74. The van der Waals surface area contributed by atoms with Crippen LogP contribution in [0.5, 0.6) is 0 Å². The van der Waals surface area contributed by atoms with Gasteiger partial charge in [0.2, 0.25) is 5.91 Å². The molecule has 0 aliphatic carbocycles. The van der Waals surface area contributed by atoms with Gasteiger partial charge in [0, 0.05) is 31.5 Å². The highest BCUT2D eigenvalue weighted by Crippen LogP contribution is 2.20. The molecule has 4 N–H and O–H groups in total. The van der Waals surface area contributed by atoms with Gasteiger partial charge in [0.15, 0.2) is 0 Å². The molecule has 6 heteroatoms. The highest BCUT2D eigenvalue weighted by atomic mass is 16.1. The number of hydrogen-bond acceptors (Lipinski definition) is 5. The fraction of sp³-hybridized carbons (Fsp3) is 0.643. The topological polar surface area (TPSA) is 92.9 Å². The summed E-state index contributed by atoms with van der Waals surface area (Å²) in [4.78, 5) is 19.8. The summed E-state index contributed by atoms with van der Waals surface area (Å²) < 4.78 is 0. The van der Waals surface area contributed by atoms with Crippen molar-refractivity contribution in [1.29, 1.82) is 0 Å². The third-order valence-electron chi connectivity index (χ3n) is 2.90. The van der Waals surface area contributed by atoms with Crippen LogP contribution in [-0.4, -0.2) is 29.0 Å². The van der Waals surface area contributed by atoms with E-state index < -0.39 is 0 Å². The van der Waals surface area contributed by atoms with Gasteiger partial charge < -0.3 is 16.4 Å². The Labute approximate surface area is 120 Å². The zero-order valence-corrected chi connectivity index (χ0v) is 12.6. The minimum atomic E-state index is -0.272. The molecule has 0 saturated carbocycles. The number of carbonyl (C=O) groups is 1. The van der Waals surface area contributed by atoms with E-state index in [0.717, 1.165) is 42.4 Å². The van der Waals surface area contributed by atoms with Crippen LogP contribution in [0.4, 0.5) is 11.6 Å². The number of aromatic nitrogens is 2. The van der Waals surface area contributed by atoms with Crippen LogP contribution in [0.2, 0.25) is 0 Å². The molecule has 0 spiro atoms. The summed E-state index contributed by atoms with van der Waals surface area (Å²) in [5.74, 6) is 2.28. The number of primary amides is 1. The van der Waals surface area contributed by atoms with E-state index in [1.165, 1.54) is 0 Å². The lowest BCUT2D eigenvalue weighted by molar-refractivity contribution is -0.118. The number of aryl methyl sites for hydroxylation is 1. The summed E-state index contributed by atoms with van der Waals surface area (Å²) in [6.07, 6.45) is 2.96. The summed E-state index contributed by atoms with van der Waals surface area (Å²) in [7, 11) is 0. The summed E-state index contributed by atoms with van der Waals surface area (Å²) in [5, 5.41) is 6.53. The Morgan fingerprint density at radius 1 is 1.20 bits per heavy atom. The van der Waals surface area contributed by atoms with E-state index in [0.29, 0.717) is 19.4 Å². The second kappa shape index (κ2) is 8.35. The zero-order valence-electron chi connectivity index (χ0n) is 12.6. The van der Waals surface area contributed by atoms with Crippen LogP contribution in [0.15, 0.2) is 0 Å². The molecule has 0 aliphatic rings. The minimum absolute atomic E-state index is 0.272. The largest absolute Gasteiger partial charge is 0.370 e. The third kappa shape index (κ3) is 5.03. The first-order valence-corrected chi connectivity index (χ1v) is 7.22. The molecule has 1 rings (SSSR count). The van der Waals surface area contributed by atoms with Gasteiger partial charge in [-0.1, -0.05) is 6.92 Å². The van der Waals surface area contributed by atoms with Gasteiger partial charge in [-0.2, -0.15) is 0 Å². The third-order valence-corrected chi connectivity index (χ3v) is 2.90.